The Morgan fingerprint density at radius 1 is 1.40 bits per heavy atom. The molecule has 0 bridgehead atoms. The van der Waals surface area contributed by atoms with Gasteiger partial charge in [0.2, 0.25) is 0 Å². The van der Waals surface area contributed by atoms with E-state index in [1.807, 2.05) is 4.90 Å². The lowest BCUT2D eigenvalue weighted by atomic mass is 10.2. The highest BCUT2D eigenvalue weighted by Crippen LogP contribution is 2.31. The van der Waals surface area contributed by atoms with Gasteiger partial charge in [-0.05, 0) is 32.6 Å². The van der Waals surface area contributed by atoms with Crippen LogP contribution in [0.15, 0.2) is 12.3 Å². The molecule has 15 heavy (non-hydrogen) atoms. The standard InChI is InChI=1S/C12H20N2O/c1-9(2)14-7-6-13(8-11-4-5-11)10(3)12(14)15/h9,11H,3-8H2,1-2H3. The summed E-state index contributed by atoms with van der Waals surface area (Å²) in [6.45, 7) is 10.9. The molecular weight excluding hydrogens is 188 g/mol. The molecule has 1 saturated heterocycles. The molecule has 0 aromatic rings. The van der Waals surface area contributed by atoms with Crippen LogP contribution in [0, 0.1) is 5.92 Å². The van der Waals surface area contributed by atoms with E-state index in [1.54, 1.807) is 0 Å². The number of carbonyl (C=O) groups is 1. The SMILES string of the molecule is C=C1C(=O)N(C(C)C)CCN1CC1CC1. The smallest absolute Gasteiger partial charge is 0.269 e. The summed E-state index contributed by atoms with van der Waals surface area (Å²) in [6, 6.07) is 0.289. The summed E-state index contributed by atoms with van der Waals surface area (Å²) < 4.78 is 0. The van der Waals surface area contributed by atoms with Gasteiger partial charge in [0.25, 0.3) is 5.91 Å². The normalized spacial score (nSPS) is 22.9. The van der Waals surface area contributed by atoms with Crippen LogP contribution in [0.5, 0.6) is 0 Å². The van der Waals surface area contributed by atoms with Crippen molar-refractivity contribution < 1.29 is 4.79 Å². The molecule has 0 aromatic carbocycles. The third kappa shape index (κ3) is 2.16. The highest BCUT2D eigenvalue weighted by molar-refractivity contribution is 5.93. The predicted octanol–water partition coefficient (Wildman–Crippen LogP) is 1.46. The number of rotatable bonds is 3. The molecule has 2 rings (SSSR count). The van der Waals surface area contributed by atoms with Crippen molar-refractivity contribution in [3.63, 3.8) is 0 Å². The summed E-state index contributed by atoms with van der Waals surface area (Å²) in [4.78, 5) is 16.0. The molecule has 1 heterocycles. The molecule has 1 amide bonds. The van der Waals surface area contributed by atoms with Crippen LogP contribution in [-0.2, 0) is 4.79 Å². The van der Waals surface area contributed by atoms with Crippen molar-refractivity contribution in [1.82, 2.24) is 9.80 Å². The molecule has 2 fully saturated rings. The van der Waals surface area contributed by atoms with Gasteiger partial charge >= 0.3 is 0 Å². The predicted molar refractivity (Wildman–Crippen MR) is 60.3 cm³/mol. The van der Waals surface area contributed by atoms with Crippen molar-refractivity contribution in [2.75, 3.05) is 19.6 Å². The van der Waals surface area contributed by atoms with Gasteiger partial charge in [-0.1, -0.05) is 6.58 Å². The van der Waals surface area contributed by atoms with E-state index in [-0.39, 0.29) is 11.9 Å². The van der Waals surface area contributed by atoms with Gasteiger partial charge < -0.3 is 9.80 Å². The highest BCUT2D eigenvalue weighted by Gasteiger charge is 2.32. The second-order valence-corrected chi connectivity index (χ2v) is 4.93. The molecule has 84 valence electrons. The molecule has 0 aromatic heterocycles. The first-order chi connectivity index (χ1) is 7.09. The quantitative estimate of drug-likeness (QED) is 0.656. The van der Waals surface area contributed by atoms with Gasteiger partial charge in [0.05, 0.1) is 5.70 Å². The minimum absolute atomic E-state index is 0.122. The Balaban J connectivity index is 1.97. The van der Waals surface area contributed by atoms with Crippen LogP contribution in [0.3, 0.4) is 0 Å². The van der Waals surface area contributed by atoms with Gasteiger partial charge in [-0.3, -0.25) is 4.79 Å². The van der Waals surface area contributed by atoms with Crippen molar-refractivity contribution in [3.05, 3.63) is 12.3 Å². The van der Waals surface area contributed by atoms with E-state index in [1.165, 1.54) is 12.8 Å². The van der Waals surface area contributed by atoms with Crippen LogP contribution in [0.4, 0.5) is 0 Å². The molecule has 0 spiro atoms. The van der Waals surface area contributed by atoms with Crippen LogP contribution >= 0.6 is 0 Å². The Labute approximate surface area is 91.7 Å². The number of piperazine rings is 1. The molecule has 3 heteroatoms. The maximum absolute atomic E-state index is 12.0. The Morgan fingerprint density at radius 2 is 2.07 bits per heavy atom. The average Bonchev–Trinajstić information content (AvgIpc) is 2.96. The van der Waals surface area contributed by atoms with Gasteiger partial charge in [-0.2, -0.15) is 0 Å². The minimum atomic E-state index is 0.122. The Hall–Kier alpha value is -0.990. The van der Waals surface area contributed by atoms with E-state index in [4.69, 9.17) is 0 Å². The number of nitrogens with zero attached hydrogens (tertiary/aromatic N) is 2. The number of hydrogen-bond donors (Lipinski definition) is 0. The van der Waals surface area contributed by atoms with E-state index in [9.17, 15) is 4.79 Å². The largest absolute Gasteiger partial charge is 0.366 e. The van der Waals surface area contributed by atoms with Gasteiger partial charge in [-0.15, -0.1) is 0 Å². The fraction of sp³-hybridized carbons (Fsp3) is 0.750. The van der Waals surface area contributed by atoms with E-state index >= 15 is 0 Å². The van der Waals surface area contributed by atoms with Crippen LogP contribution in [-0.4, -0.2) is 41.4 Å². The first kappa shape index (κ1) is 10.5. The third-order valence-electron chi connectivity index (χ3n) is 3.30. The van der Waals surface area contributed by atoms with Crippen molar-refractivity contribution in [2.24, 2.45) is 5.92 Å². The zero-order valence-corrected chi connectivity index (χ0v) is 9.70. The summed E-state index contributed by atoms with van der Waals surface area (Å²) in [5, 5.41) is 0. The summed E-state index contributed by atoms with van der Waals surface area (Å²) in [5.41, 5.74) is 0.696. The fourth-order valence-corrected chi connectivity index (χ4v) is 2.07. The summed E-state index contributed by atoms with van der Waals surface area (Å²) >= 11 is 0. The topological polar surface area (TPSA) is 23.6 Å². The first-order valence-corrected chi connectivity index (χ1v) is 5.84. The Morgan fingerprint density at radius 3 is 2.60 bits per heavy atom. The molecule has 0 N–H and O–H groups in total. The Kier molecular flexibility index (Phi) is 2.72. The molecule has 0 radical (unpaired) electrons. The minimum Gasteiger partial charge on any atom is -0.366 e. The highest BCUT2D eigenvalue weighted by atomic mass is 16.2. The van der Waals surface area contributed by atoms with Crippen LogP contribution in [0.2, 0.25) is 0 Å². The Bertz CT molecular complexity index is 281. The molecule has 1 saturated carbocycles. The van der Waals surface area contributed by atoms with Crippen molar-refractivity contribution in [2.45, 2.75) is 32.7 Å². The summed E-state index contributed by atoms with van der Waals surface area (Å²) in [7, 11) is 0. The molecule has 2 aliphatic rings. The van der Waals surface area contributed by atoms with Crippen molar-refractivity contribution in [3.8, 4) is 0 Å². The van der Waals surface area contributed by atoms with Gasteiger partial charge in [0.1, 0.15) is 0 Å². The monoisotopic (exact) mass is 208 g/mol. The molecule has 0 atom stereocenters. The lowest BCUT2D eigenvalue weighted by Gasteiger charge is -2.39. The second-order valence-electron chi connectivity index (χ2n) is 4.93. The van der Waals surface area contributed by atoms with Gasteiger partial charge in [0.15, 0.2) is 0 Å². The number of hydrogen-bond acceptors (Lipinski definition) is 2. The van der Waals surface area contributed by atoms with E-state index in [2.05, 4.69) is 25.3 Å². The molecule has 1 aliphatic carbocycles. The number of carbonyl (C=O) groups excluding carboxylic acids is 1. The van der Waals surface area contributed by atoms with Gasteiger partial charge in [0, 0.05) is 25.7 Å². The summed E-state index contributed by atoms with van der Waals surface area (Å²) in [6.07, 6.45) is 2.65. The van der Waals surface area contributed by atoms with Crippen molar-refractivity contribution >= 4 is 5.91 Å². The maximum atomic E-state index is 12.0. The van der Waals surface area contributed by atoms with Crippen molar-refractivity contribution in [1.29, 1.82) is 0 Å². The van der Waals surface area contributed by atoms with Crippen LogP contribution in [0.1, 0.15) is 26.7 Å². The summed E-state index contributed by atoms with van der Waals surface area (Å²) in [5.74, 6) is 0.942. The zero-order valence-electron chi connectivity index (χ0n) is 9.70. The van der Waals surface area contributed by atoms with E-state index < -0.39 is 0 Å². The molecule has 1 aliphatic heterocycles. The molecular formula is C12H20N2O. The maximum Gasteiger partial charge on any atom is 0.269 e. The van der Waals surface area contributed by atoms with Crippen LogP contribution in [0.25, 0.3) is 0 Å². The third-order valence-corrected chi connectivity index (χ3v) is 3.30. The van der Waals surface area contributed by atoms with E-state index in [0.29, 0.717) is 5.70 Å². The number of amides is 1. The zero-order chi connectivity index (χ0) is 11.0. The lowest BCUT2D eigenvalue weighted by Crippen LogP contribution is -2.51. The van der Waals surface area contributed by atoms with E-state index in [0.717, 1.165) is 25.6 Å². The molecule has 0 unspecified atom stereocenters. The first-order valence-electron chi connectivity index (χ1n) is 5.84. The van der Waals surface area contributed by atoms with Gasteiger partial charge in [-0.25, -0.2) is 0 Å². The average molecular weight is 208 g/mol. The molecule has 3 nitrogen and oxygen atoms in total. The second kappa shape index (κ2) is 3.87. The fourth-order valence-electron chi connectivity index (χ4n) is 2.07. The lowest BCUT2D eigenvalue weighted by molar-refractivity contribution is -0.133. The van der Waals surface area contributed by atoms with Crippen LogP contribution < -0.4 is 0 Å².